The molecule has 94 valence electrons. The van der Waals surface area contributed by atoms with E-state index in [1.54, 1.807) is 0 Å². The number of hydrogen-bond donors (Lipinski definition) is 2. The van der Waals surface area contributed by atoms with Gasteiger partial charge < -0.3 is 10.4 Å². The molecule has 0 aliphatic heterocycles. The molecule has 0 aliphatic carbocycles. The molecule has 2 rings (SSSR count). The Hall–Kier alpha value is -1.64. The molecule has 2 N–H and O–H groups in total. The number of nitrogens with one attached hydrogen (secondary N) is 1. The summed E-state index contributed by atoms with van der Waals surface area (Å²) < 4.78 is 0. The van der Waals surface area contributed by atoms with Crippen LogP contribution in [0.25, 0.3) is 0 Å². The summed E-state index contributed by atoms with van der Waals surface area (Å²) in [6.07, 6.45) is 0. The summed E-state index contributed by atoms with van der Waals surface area (Å²) in [5.74, 6) is 0. The molecular weight excluding hydrogens is 222 g/mol. The Balaban J connectivity index is 1.95. The van der Waals surface area contributed by atoms with Crippen molar-refractivity contribution in [2.24, 2.45) is 0 Å². The maximum Gasteiger partial charge on any atom is 0.0685 e. The maximum absolute atomic E-state index is 9.25. The molecule has 0 heterocycles. The molecule has 2 aromatic carbocycles. The monoisotopic (exact) mass is 241 g/mol. The second-order valence-corrected chi connectivity index (χ2v) is 4.46. The first-order valence-electron chi connectivity index (χ1n) is 6.24. The van der Waals surface area contributed by atoms with Gasteiger partial charge >= 0.3 is 0 Å². The summed E-state index contributed by atoms with van der Waals surface area (Å²) in [4.78, 5) is 0. The fourth-order valence-corrected chi connectivity index (χ4v) is 2.02. The molecule has 18 heavy (non-hydrogen) atoms. The molecule has 2 aromatic rings. The number of rotatable bonds is 5. The van der Waals surface area contributed by atoms with E-state index in [0.717, 1.165) is 24.2 Å². The quantitative estimate of drug-likeness (QED) is 0.843. The first kappa shape index (κ1) is 12.8. The predicted molar refractivity (Wildman–Crippen MR) is 74.1 cm³/mol. The van der Waals surface area contributed by atoms with Crippen molar-refractivity contribution in [3.63, 3.8) is 0 Å². The number of hydrogen-bond acceptors (Lipinski definition) is 2. The van der Waals surface area contributed by atoms with E-state index in [4.69, 9.17) is 0 Å². The highest BCUT2D eigenvalue weighted by molar-refractivity contribution is 5.27. The molecule has 0 fully saturated rings. The Morgan fingerprint density at radius 2 is 1.39 bits per heavy atom. The lowest BCUT2D eigenvalue weighted by Crippen LogP contribution is -2.14. The Bertz CT molecular complexity index is 508. The molecular formula is C16H19NO. The number of aliphatic hydroxyl groups excluding tert-OH is 1. The lowest BCUT2D eigenvalue weighted by Gasteiger charge is -2.10. The van der Waals surface area contributed by atoms with Crippen LogP contribution in [0.4, 0.5) is 0 Å². The van der Waals surface area contributed by atoms with Gasteiger partial charge in [-0.25, -0.2) is 0 Å². The van der Waals surface area contributed by atoms with Crippen LogP contribution in [0.1, 0.15) is 22.3 Å². The summed E-state index contributed by atoms with van der Waals surface area (Å²) in [7, 11) is 0. The number of benzene rings is 2. The van der Waals surface area contributed by atoms with Crippen molar-refractivity contribution in [3.05, 3.63) is 70.8 Å². The van der Waals surface area contributed by atoms with E-state index in [-0.39, 0.29) is 6.61 Å². The van der Waals surface area contributed by atoms with Gasteiger partial charge in [-0.2, -0.15) is 0 Å². The fraction of sp³-hybridized carbons (Fsp3) is 0.250. The topological polar surface area (TPSA) is 32.3 Å². The molecule has 0 aromatic heterocycles. The SMILES string of the molecule is Cc1ccccc1CNCc1ccccc1CO. The van der Waals surface area contributed by atoms with E-state index in [2.05, 4.69) is 42.6 Å². The van der Waals surface area contributed by atoms with Crippen LogP contribution in [0, 0.1) is 6.92 Å². The number of aryl methyl sites for hydroxylation is 1. The standard InChI is InChI=1S/C16H19NO/c1-13-6-2-3-7-14(13)10-17-11-15-8-4-5-9-16(15)12-18/h2-9,17-18H,10-12H2,1H3. The van der Waals surface area contributed by atoms with Gasteiger partial charge in [0.2, 0.25) is 0 Å². The summed E-state index contributed by atoms with van der Waals surface area (Å²) in [6, 6.07) is 16.4. The molecule has 0 saturated heterocycles. The average molecular weight is 241 g/mol. The number of aliphatic hydroxyl groups is 1. The lowest BCUT2D eigenvalue weighted by molar-refractivity contribution is 0.280. The molecule has 0 spiro atoms. The summed E-state index contributed by atoms with van der Waals surface area (Å²) >= 11 is 0. The van der Waals surface area contributed by atoms with Gasteiger partial charge in [-0.05, 0) is 29.2 Å². The van der Waals surface area contributed by atoms with Crippen molar-refractivity contribution in [2.45, 2.75) is 26.6 Å². The second-order valence-electron chi connectivity index (χ2n) is 4.46. The van der Waals surface area contributed by atoms with Crippen LogP contribution >= 0.6 is 0 Å². The van der Waals surface area contributed by atoms with Crippen LogP contribution < -0.4 is 5.32 Å². The molecule has 0 unspecified atom stereocenters. The van der Waals surface area contributed by atoms with Crippen molar-refractivity contribution in [1.29, 1.82) is 0 Å². The van der Waals surface area contributed by atoms with Gasteiger partial charge in [0.1, 0.15) is 0 Å². The zero-order valence-electron chi connectivity index (χ0n) is 10.7. The zero-order chi connectivity index (χ0) is 12.8. The molecule has 0 radical (unpaired) electrons. The summed E-state index contributed by atoms with van der Waals surface area (Å²) in [5.41, 5.74) is 4.78. The minimum atomic E-state index is 0.0994. The van der Waals surface area contributed by atoms with Gasteiger partial charge in [0.05, 0.1) is 6.61 Å². The molecule has 0 amide bonds. The highest BCUT2D eigenvalue weighted by Gasteiger charge is 2.01. The van der Waals surface area contributed by atoms with Gasteiger partial charge in [0, 0.05) is 13.1 Å². The second kappa shape index (κ2) is 6.34. The van der Waals surface area contributed by atoms with E-state index < -0.39 is 0 Å². The van der Waals surface area contributed by atoms with Gasteiger partial charge in [0.25, 0.3) is 0 Å². The minimum Gasteiger partial charge on any atom is -0.392 e. The Morgan fingerprint density at radius 1 is 0.833 bits per heavy atom. The predicted octanol–water partition coefficient (Wildman–Crippen LogP) is 2.78. The van der Waals surface area contributed by atoms with Gasteiger partial charge in [-0.15, -0.1) is 0 Å². The molecule has 2 nitrogen and oxygen atoms in total. The van der Waals surface area contributed by atoms with E-state index in [1.807, 2.05) is 18.2 Å². The lowest BCUT2D eigenvalue weighted by atomic mass is 10.1. The Morgan fingerprint density at radius 3 is 2.06 bits per heavy atom. The van der Waals surface area contributed by atoms with E-state index in [0.29, 0.717) is 0 Å². The summed E-state index contributed by atoms with van der Waals surface area (Å²) in [5, 5.41) is 12.7. The van der Waals surface area contributed by atoms with E-state index >= 15 is 0 Å². The van der Waals surface area contributed by atoms with Crippen molar-refractivity contribution in [1.82, 2.24) is 5.32 Å². The minimum absolute atomic E-state index is 0.0994. The van der Waals surface area contributed by atoms with Crippen LogP contribution in [0.15, 0.2) is 48.5 Å². The van der Waals surface area contributed by atoms with E-state index in [9.17, 15) is 5.11 Å². The van der Waals surface area contributed by atoms with Crippen LogP contribution in [-0.2, 0) is 19.7 Å². The van der Waals surface area contributed by atoms with Crippen LogP contribution in [0.2, 0.25) is 0 Å². The van der Waals surface area contributed by atoms with Crippen LogP contribution in [0.3, 0.4) is 0 Å². The summed E-state index contributed by atoms with van der Waals surface area (Å²) in [6.45, 7) is 3.86. The normalized spacial score (nSPS) is 10.6. The van der Waals surface area contributed by atoms with Gasteiger partial charge in [-0.1, -0.05) is 48.5 Å². The first-order chi connectivity index (χ1) is 8.81. The first-order valence-corrected chi connectivity index (χ1v) is 6.24. The average Bonchev–Trinajstić information content (AvgIpc) is 2.41. The Kier molecular flexibility index (Phi) is 4.51. The third kappa shape index (κ3) is 3.19. The van der Waals surface area contributed by atoms with Gasteiger partial charge in [-0.3, -0.25) is 0 Å². The smallest absolute Gasteiger partial charge is 0.0685 e. The van der Waals surface area contributed by atoms with Crippen molar-refractivity contribution in [3.8, 4) is 0 Å². The third-order valence-electron chi connectivity index (χ3n) is 3.18. The molecule has 0 aliphatic rings. The third-order valence-corrected chi connectivity index (χ3v) is 3.18. The van der Waals surface area contributed by atoms with Crippen molar-refractivity contribution >= 4 is 0 Å². The van der Waals surface area contributed by atoms with Crippen molar-refractivity contribution in [2.75, 3.05) is 0 Å². The molecule has 2 heteroatoms. The highest BCUT2D eigenvalue weighted by Crippen LogP contribution is 2.10. The fourth-order valence-electron chi connectivity index (χ4n) is 2.02. The molecule has 0 bridgehead atoms. The Labute approximate surface area is 108 Å². The highest BCUT2D eigenvalue weighted by atomic mass is 16.3. The molecule has 0 saturated carbocycles. The maximum atomic E-state index is 9.25. The van der Waals surface area contributed by atoms with Crippen molar-refractivity contribution < 1.29 is 5.11 Å². The zero-order valence-corrected chi connectivity index (χ0v) is 10.7. The van der Waals surface area contributed by atoms with Crippen LogP contribution in [0.5, 0.6) is 0 Å². The van der Waals surface area contributed by atoms with Crippen LogP contribution in [-0.4, -0.2) is 5.11 Å². The largest absolute Gasteiger partial charge is 0.392 e. The van der Waals surface area contributed by atoms with E-state index in [1.165, 1.54) is 11.1 Å². The van der Waals surface area contributed by atoms with Gasteiger partial charge in [0.15, 0.2) is 0 Å². The molecule has 0 atom stereocenters.